The largest absolute Gasteiger partial charge is 0.376 e. The molecule has 0 saturated carbocycles. The Hall–Kier alpha value is -1.08. The summed E-state index contributed by atoms with van der Waals surface area (Å²) in [5.41, 5.74) is -0.899. The van der Waals surface area contributed by atoms with Gasteiger partial charge in [0.1, 0.15) is 5.41 Å². The van der Waals surface area contributed by atoms with Crippen molar-refractivity contribution >= 4 is 5.91 Å². The number of hydrogen-bond donors (Lipinski definition) is 0. The van der Waals surface area contributed by atoms with Crippen molar-refractivity contribution in [3.63, 3.8) is 0 Å². The number of carbonyl (C=O) groups excluding carboxylic acids is 1. The van der Waals surface area contributed by atoms with Gasteiger partial charge in [0.15, 0.2) is 0 Å². The zero-order valence-electron chi connectivity index (χ0n) is 11.0. The molecule has 0 radical (unpaired) electrons. The molecule has 2 unspecified atom stereocenters. The minimum absolute atomic E-state index is 0.100. The summed E-state index contributed by atoms with van der Waals surface area (Å²) < 4.78 is 5.60. The lowest BCUT2D eigenvalue weighted by molar-refractivity contribution is -0.139. The highest BCUT2D eigenvalue weighted by molar-refractivity contribution is 5.84. The van der Waals surface area contributed by atoms with E-state index in [0.29, 0.717) is 13.0 Å². The minimum atomic E-state index is -0.899. The average Bonchev–Trinajstić information content (AvgIpc) is 2.38. The van der Waals surface area contributed by atoms with Crippen molar-refractivity contribution in [3.8, 4) is 6.07 Å². The van der Waals surface area contributed by atoms with Crippen molar-refractivity contribution in [2.24, 2.45) is 5.41 Å². The maximum Gasteiger partial charge on any atom is 0.242 e. The molecular formula is C13H22N2O2. The number of nitrogens with zero attached hydrogens (tertiary/aromatic N) is 2. The van der Waals surface area contributed by atoms with E-state index >= 15 is 0 Å². The molecule has 0 aromatic heterocycles. The molecule has 4 nitrogen and oxygen atoms in total. The first kappa shape index (κ1) is 14.0. The quantitative estimate of drug-likeness (QED) is 0.752. The fourth-order valence-electron chi connectivity index (χ4n) is 2.04. The highest BCUT2D eigenvalue weighted by Gasteiger charge is 2.34. The number of carbonyl (C=O) groups is 1. The Kier molecular flexibility index (Phi) is 4.95. The standard InChI is InChI=1S/C13H22N2O2/c1-4-13(2,10-14)12(16)15(3)9-11-7-5-6-8-17-11/h11H,4-9H2,1-3H3. The molecule has 0 aromatic carbocycles. The summed E-state index contributed by atoms with van der Waals surface area (Å²) in [5.74, 6) is -0.100. The first-order valence-electron chi connectivity index (χ1n) is 6.32. The van der Waals surface area contributed by atoms with Crippen LogP contribution in [0, 0.1) is 16.7 Å². The van der Waals surface area contributed by atoms with Crippen molar-refractivity contribution < 1.29 is 9.53 Å². The highest BCUT2D eigenvalue weighted by Crippen LogP contribution is 2.23. The van der Waals surface area contributed by atoms with Gasteiger partial charge >= 0.3 is 0 Å². The maximum absolute atomic E-state index is 12.1. The zero-order chi connectivity index (χ0) is 12.9. The molecule has 1 heterocycles. The van der Waals surface area contributed by atoms with Crippen LogP contribution in [0.5, 0.6) is 0 Å². The third kappa shape index (κ3) is 3.44. The Labute approximate surface area is 104 Å². The molecule has 1 aliphatic rings. The molecule has 1 fully saturated rings. The van der Waals surface area contributed by atoms with Crippen molar-refractivity contribution in [2.75, 3.05) is 20.2 Å². The second kappa shape index (κ2) is 6.02. The van der Waals surface area contributed by atoms with Gasteiger partial charge in [-0.2, -0.15) is 5.26 Å². The van der Waals surface area contributed by atoms with E-state index in [0.717, 1.165) is 25.9 Å². The van der Waals surface area contributed by atoms with Gasteiger partial charge in [-0.3, -0.25) is 4.79 Å². The van der Waals surface area contributed by atoms with Crippen LogP contribution >= 0.6 is 0 Å². The molecule has 0 bridgehead atoms. The van der Waals surface area contributed by atoms with Gasteiger partial charge in [0.2, 0.25) is 5.91 Å². The van der Waals surface area contributed by atoms with Crippen LogP contribution in [0.15, 0.2) is 0 Å². The predicted molar refractivity (Wildman–Crippen MR) is 65.2 cm³/mol. The number of amides is 1. The Balaban J connectivity index is 2.54. The molecule has 96 valence electrons. The summed E-state index contributed by atoms with van der Waals surface area (Å²) in [6, 6.07) is 2.11. The normalized spacial score (nSPS) is 23.5. The molecule has 1 amide bonds. The van der Waals surface area contributed by atoms with Gasteiger partial charge in [0.05, 0.1) is 12.2 Å². The number of nitriles is 1. The molecule has 1 rings (SSSR count). The first-order valence-corrected chi connectivity index (χ1v) is 6.32. The topological polar surface area (TPSA) is 53.3 Å². The molecule has 0 aliphatic carbocycles. The first-order chi connectivity index (χ1) is 8.03. The van der Waals surface area contributed by atoms with Crippen LogP contribution in [0.4, 0.5) is 0 Å². The molecule has 0 N–H and O–H groups in total. The second-order valence-corrected chi connectivity index (χ2v) is 4.97. The van der Waals surface area contributed by atoms with Gasteiger partial charge in [-0.15, -0.1) is 0 Å². The van der Waals surface area contributed by atoms with Crippen molar-refractivity contribution in [1.82, 2.24) is 4.90 Å². The van der Waals surface area contributed by atoms with E-state index in [4.69, 9.17) is 10.00 Å². The number of hydrogen-bond acceptors (Lipinski definition) is 3. The van der Waals surface area contributed by atoms with E-state index in [2.05, 4.69) is 6.07 Å². The third-order valence-corrected chi connectivity index (χ3v) is 3.52. The van der Waals surface area contributed by atoms with E-state index in [1.807, 2.05) is 6.92 Å². The van der Waals surface area contributed by atoms with E-state index in [1.165, 1.54) is 0 Å². The Morgan fingerprint density at radius 2 is 2.29 bits per heavy atom. The summed E-state index contributed by atoms with van der Waals surface area (Å²) in [4.78, 5) is 13.8. The third-order valence-electron chi connectivity index (χ3n) is 3.52. The van der Waals surface area contributed by atoms with Crippen molar-refractivity contribution in [3.05, 3.63) is 0 Å². The average molecular weight is 238 g/mol. The minimum Gasteiger partial charge on any atom is -0.376 e. The van der Waals surface area contributed by atoms with Crippen LogP contribution in [0.25, 0.3) is 0 Å². The lowest BCUT2D eigenvalue weighted by Gasteiger charge is -2.31. The Morgan fingerprint density at radius 1 is 1.59 bits per heavy atom. The summed E-state index contributed by atoms with van der Waals surface area (Å²) in [6.07, 6.45) is 3.96. The van der Waals surface area contributed by atoms with Gasteiger partial charge < -0.3 is 9.64 Å². The molecule has 17 heavy (non-hydrogen) atoms. The van der Waals surface area contributed by atoms with Crippen LogP contribution < -0.4 is 0 Å². The van der Waals surface area contributed by atoms with Crippen molar-refractivity contribution in [2.45, 2.75) is 45.6 Å². The summed E-state index contributed by atoms with van der Waals surface area (Å²) >= 11 is 0. The molecule has 2 atom stereocenters. The fraction of sp³-hybridized carbons (Fsp3) is 0.846. The van der Waals surface area contributed by atoms with Crippen LogP contribution in [0.3, 0.4) is 0 Å². The molecule has 4 heteroatoms. The predicted octanol–water partition coefficient (Wildman–Crippen LogP) is 1.95. The summed E-state index contributed by atoms with van der Waals surface area (Å²) in [5, 5.41) is 9.08. The number of likely N-dealkylation sites (N-methyl/N-ethyl adjacent to an activating group) is 1. The highest BCUT2D eigenvalue weighted by atomic mass is 16.5. The monoisotopic (exact) mass is 238 g/mol. The number of rotatable bonds is 4. The van der Waals surface area contributed by atoms with Gasteiger partial charge in [-0.05, 0) is 32.6 Å². The van der Waals surface area contributed by atoms with Crippen LogP contribution in [0.1, 0.15) is 39.5 Å². The van der Waals surface area contributed by atoms with Crippen LogP contribution in [0.2, 0.25) is 0 Å². The van der Waals surface area contributed by atoms with E-state index < -0.39 is 5.41 Å². The van der Waals surface area contributed by atoms with E-state index in [9.17, 15) is 4.79 Å². The van der Waals surface area contributed by atoms with Gasteiger partial charge in [0, 0.05) is 20.2 Å². The molecular weight excluding hydrogens is 216 g/mol. The summed E-state index contributed by atoms with van der Waals surface area (Å²) in [6.45, 7) is 4.95. The van der Waals surface area contributed by atoms with Gasteiger partial charge in [-0.1, -0.05) is 6.92 Å². The Bertz CT molecular complexity index is 305. The fourth-order valence-corrected chi connectivity index (χ4v) is 2.04. The van der Waals surface area contributed by atoms with Gasteiger partial charge in [0.25, 0.3) is 0 Å². The summed E-state index contributed by atoms with van der Waals surface area (Å²) in [7, 11) is 1.76. The van der Waals surface area contributed by atoms with Crippen molar-refractivity contribution in [1.29, 1.82) is 5.26 Å². The maximum atomic E-state index is 12.1. The molecule has 1 saturated heterocycles. The molecule has 0 aromatic rings. The lowest BCUT2D eigenvalue weighted by Crippen LogP contribution is -2.43. The van der Waals surface area contributed by atoms with E-state index in [-0.39, 0.29) is 12.0 Å². The SMILES string of the molecule is CCC(C)(C#N)C(=O)N(C)CC1CCCCO1. The lowest BCUT2D eigenvalue weighted by atomic mass is 9.88. The van der Waals surface area contributed by atoms with Gasteiger partial charge in [-0.25, -0.2) is 0 Å². The Morgan fingerprint density at radius 3 is 2.76 bits per heavy atom. The molecule has 0 spiro atoms. The number of ether oxygens (including phenoxy) is 1. The smallest absolute Gasteiger partial charge is 0.242 e. The van der Waals surface area contributed by atoms with E-state index in [1.54, 1.807) is 18.9 Å². The van der Waals surface area contributed by atoms with Crippen LogP contribution in [-0.2, 0) is 9.53 Å². The van der Waals surface area contributed by atoms with Crippen LogP contribution in [-0.4, -0.2) is 37.1 Å². The molecule has 1 aliphatic heterocycles. The second-order valence-electron chi connectivity index (χ2n) is 4.97. The zero-order valence-corrected chi connectivity index (χ0v) is 11.0.